The number of nitrogens with one attached hydrogen (secondary N) is 2. The molecule has 150 valence electrons. The van der Waals surface area contributed by atoms with Crippen LogP contribution in [-0.2, 0) is 4.79 Å². The smallest absolute Gasteiger partial charge is 0.251 e. The van der Waals surface area contributed by atoms with E-state index in [0.29, 0.717) is 18.0 Å². The maximum absolute atomic E-state index is 13.3. The van der Waals surface area contributed by atoms with Crippen LogP contribution in [0, 0.1) is 0 Å². The molecule has 0 aliphatic rings. The molecule has 0 bridgehead atoms. The van der Waals surface area contributed by atoms with Gasteiger partial charge >= 0.3 is 0 Å². The van der Waals surface area contributed by atoms with Crippen molar-refractivity contribution in [1.29, 1.82) is 0 Å². The van der Waals surface area contributed by atoms with Gasteiger partial charge in [-0.05, 0) is 47.5 Å². The molecule has 4 aromatic rings. The van der Waals surface area contributed by atoms with Gasteiger partial charge in [-0.1, -0.05) is 72.8 Å². The van der Waals surface area contributed by atoms with Crippen LogP contribution in [0.15, 0.2) is 97.1 Å². The molecule has 1 amide bonds. The molecule has 0 heterocycles. The number of rotatable bonds is 7. The molecule has 2 N–H and O–H groups in total. The van der Waals surface area contributed by atoms with E-state index in [4.69, 9.17) is 4.74 Å². The van der Waals surface area contributed by atoms with Crippen molar-refractivity contribution in [3.8, 4) is 5.75 Å². The van der Waals surface area contributed by atoms with Gasteiger partial charge in [0.2, 0.25) is 0 Å². The molecule has 4 aromatic carbocycles. The second-order valence-corrected chi connectivity index (χ2v) is 6.97. The maximum Gasteiger partial charge on any atom is 0.251 e. The highest BCUT2D eigenvalue weighted by atomic mass is 16.5. The third-order valence-electron chi connectivity index (χ3n) is 4.90. The first-order valence-corrected chi connectivity index (χ1v) is 10.1. The van der Waals surface area contributed by atoms with Crippen molar-refractivity contribution in [2.45, 2.75) is 13.0 Å². The minimum absolute atomic E-state index is 0.151. The molecule has 0 aliphatic carbocycles. The highest BCUT2D eigenvalue weighted by Crippen LogP contribution is 2.28. The van der Waals surface area contributed by atoms with Crippen LogP contribution in [0.5, 0.6) is 5.75 Å². The summed E-state index contributed by atoms with van der Waals surface area (Å²) in [5.41, 5.74) is 2.43. The van der Waals surface area contributed by atoms with Crippen molar-refractivity contribution in [3.63, 3.8) is 0 Å². The van der Waals surface area contributed by atoms with E-state index < -0.39 is 6.04 Å². The lowest BCUT2D eigenvalue weighted by atomic mass is 10.0. The van der Waals surface area contributed by atoms with Crippen LogP contribution in [0.1, 0.15) is 18.5 Å². The number of amides is 1. The van der Waals surface area contributed by atoms with Gasteiger partial charge in [0.05, 0.1) is 12.3 Å². The van der Waals surface area contributed by atoms with Crippen molar-refractivity contribution in [2.24, 2.45) is 0 Å². The fraction of sp³-hybridized carbons (Fsp3) is 0.115. The molecule has 4 nitrogen and oxygen atoms in total. The Balaban J connectivity index is 1.63. The largest absolute Gasteiger partial charge is 0.492 e. The van der Waals surface area contributed by atoms with Crippen LogP contribution in [0.25, 0.3) is 10.8 Å². The Hall–Kier alpha value is -3.79. The van der Waals surface area contributed by atoms with Gasteiger partial charge in [0, 0.05) is 5.69 Å². The van der Waals surface area contributed by atoms with E-state index in [1.165, 1.54) is 0 Å². The minimum atomic E-state index is -0.554. The van der Waals surface area contributed by atoms with Gasteiger partial charge < -0.3 is 15.4 Å². The molecular weight excluding hydrogens is 372 g/mol. The van der Waals surface area contributed by atoms with E-state index in [1.54, 1.807) is 0 Å². The summed E-state index contributed by atoms with van der Waals surface area (Å²) >= 11 is 0. The molecule has 4 heteroatoms. The lowest BCUT2D eigenvalue weighted by molar-refractivity contribution is -0.117. The Morgan fingerprint density at radius 2 is 1.53 bits per heavy atom. The number of ether oxygens (including phenoxy) is 1. The van der Waals surface area contributed by atoms with Crippen molar-refractivity contribution >= 4 is 28.1 Å². The van der Waals surface area contributed by atoms with E-state index in [9.17, 15) is 4.79 Å². The number of hydrogen-bond donors (Lipinski definition) is 2. The number of carbonyl (C=O) groups excluding carboxylic acids is 1. The molecule has 4 rings (SSSR count). The standard InChI is InChI=1S/C26H24N2O2/c1-2-30-24-15-9-8-14-23(24)28-26(29)25(20-11-4-3-5-12-20)27-22-17-16-19-10-6-7-13-21(19)18-22/h3-18,25,27H,2H2,1H3,(H,28,29)/t25-/m1/s1. The molecule has 1 atom stereocenters. The topological polar surface area (TPSA) is 50.4 Å². The van der Waals surface area contributed by atoms with Crippen molar-refractivity contribution in [1.82, 2.24) is 0 Å². The van der Waals surface area contributed by atoms with Crippen LogP contribution >= 0.6 is 0 Å². The molecular formula is C26H24N2O2. The second-order valence-electron chi connectivity index (χ2n) is 6.97. The summed E-state index contributed by atoms with van der Waals surface area (Å²) in [4.78, 5) is 13.3. The average Bonchev–Trinajstić information content (AvgIpc) is 2.79. The first-order valence-electron chi connectivity index (χ1n) is 10.1. The molecule has 0 spiro atoms. The zero-order chi connectivity index (χ0) is 20.8. The molecule has 0 aromatic heterocycles. The van der Waals surface area contributed by atoms with Gasteiger partial charge in [0.1, 0.15) is 11.8 Å². The molecule has 0 unspecified atom stereocenters. The predicted molar refractivity (Wildman–Crippen MR) is 123 cm³/mol. The predicted octanol–water partition coefficient (Wildman–Crippen LogP) is 6.03. The zero-order valence-electron chi connectivity index (χ0n) is 16.8. The lowest BCUT2D eigenvalue weighted by Gasteiger charge is -2.21. The summed E-state index contributed by atoms with van der Waals surface area (Å²) in [6.45, 7) is 2.46. The van der Waals surface area contributed by atoms with Crippen LogP contribution in [0.2, 0.25) is 0 Å². The third kappa shape index (κ3) is 4.44. The summed E-state index contributed by atoms with van der Waals surface area (Å²) in [6, 6.07) is 30.9. The Kier molecular flexibility index (Phi) is 5.95. The summed E-state index contributed by atoms with van der Waals surface area (Å²) in [5.74, 6) is 0.507. The fourth-order valence-electron chi connectivity index (χ4n) is 3.45. The first-order chi connectivity index (χ1) is 14.7. The van der Waals surface area contributed by atoms with Crippen molar-refractivity contribution < 1.29 is 9.53 Å². The van der Waals surface area contributed by atoms with E-state index in [1.807, 2.05) is 79.7 Å². The molecule has 0 radical (unpaired) electrons. The van der Waals surface area contributed by atoms with Crippen LogP contribution in [0.3, 0.4) is 0 Å². The van der Waals surface area contributed by atoms with Crippen LogP contribution < -0.4 is 15.4 Å². The van der Waals surface area contributed by atoms with Gasteiger partial charge in [-0.25, -0.2) is 0 Å². The number of hydrogen-bond acceptors (Lipinski definition) is 3. The number of anilines is 2. The second kappa shape index (κ2) is 9.14. The maximum atomic E-state index is 13.3. The van der Waals surface area contributed by atoms with Gasteiger partial charge in [0.25, 0.3) is 5.91 Å². The van der Waals surface area contributed by atoms with Gasteiger partial charge in [0.15, 0.2) is 0 Å². The Morgan fingerprint density at radius 1 is 0.833 bits per heavy atom. The summed E-state index contributed by atoms with van der Waals surface area (Å²) < 4.78 is 5.65. The molecule has 0 aliphatic heterocycles. The summed E-state index contributed by atoms with van der Waals surface area (Å²) in [5, 5.41) is 8.71. The Bertz CT molecular complexity index is 1140. The molecule has 0 saturated heterocycles. The average molecular weight is 396 g/mol. The van der Waals surface area contributed by atoms with E-state index >= 15 is 0 Å². The van der Waals surface area contributed by atoms with Crippen LogP contribution in [0.4, 0.5) is 11.4 Å². The molecule has 0 fully saturated rings. The number of para-hydroxylation sites is 2. The number of benzene rings is 4. The monoisotopic (exact) mass is 396 g/mol. The van der Waals surface area contributed by atoms with E-state index in [2.05, 4.69) is 34.9 Å². The highest BCUT2D eigenvalue weighted by molar-refractivity contribution is 5.98. The summed E-state index contributed by atoms with van der Waals surface area (Å²) in [7, 11) is 0. The van der Waals surface area contributed by atoms with Gasteiger partial charge in [-0.2, -0.15) is 0 Å². The van der Waals surface area contributed by atoms with Crippen LogP contribution in [-0.4, -0.2) is 12.5 Å². The van der Waals surface area contributed by atoms with Gasteiger partial charge in [-0.3, -0.25) is 4.79 Å². The highest BCUT2D eigenvalue weighted by Gasteiger charge is 2.21. The molecule has 30 heavy (non-hydrogen) atoms. The Morgan fingerprint density at radius 3 is 2.33 bits per heavy atom. The fourth-order valence-corrected chi connectivity index (χ4v) is 3.45. The first kappa shape index (κ1) is 19.5. The van der Waals surface area contributed by atoms with Crippen molar-refractivity contribution in [3.05, 3.63) is 103 Å². The Labute approximate surface area is 176 Å². The SMILES string of the molecule is CCOc1ccccc1NC(=O)[C@H](Nc1ccc2ccccc2c1)c1ccccc1. The number of carbonyl (C=O) groups is 1. The van der Waals surface area contributed by atoms with Crippen molar-refractivity contribution in [2.75, 3.05) is 17.2 Å². The van der Waals surface area contributed by atoms with Gasteiger partial charge in [-0.15, -0.1) is 0 Å². The lowest BCUT2D eigenvalue weighted by Crippen LogP contribution is -2.27. The number of fused-ring (bicyclic) bond motifs is 1. The van der Waals surface area contributed by atoms with E-state index in [0.717, 1.165) is 22.0 Å². The quantitative estimate of drug-likeness (QED) is 0.401. The third-order valence-corrected chi connectivity index (χ3v) is 4.90. The zero-order valence-corrected chi connectivity index (χ0v) is 16.8. The summed E-state index contributed by atoms with van der Waals surface area (Å²) in [6.07, 6.45) is 0. The molecule has 0 saturated carbocycles. The normalized spacial score (nSPS) is 11.6. The minimum Gasteiger partial charge on any atom is -0.492 e. The van der Waals surface area contributed by atoms with E-state index in [-0.39, 0.29) is 5.91 Å².